The summed E-state index contributed by atoms with van der Waals surface area (Å²) >= 11 is 1.35. The van der Waals surface area contributed by atoms with Crippen molar-refractivity contribution >= 4 is 17.2 Å². The first-order chi connectivity index (χ1) is 14.5. The second kappa shape index (κ2) is 8.70. The summed E-state index contributed by atoms with van der Waals surface area (Å²) < 4.78 is 15.3. The van der Waals surface area contributed by atoms with Crippen LogP contribution in [0.5, 0.6) is 0 Å². The number of H-pyrrole nitrogens is 1. The van der Waals surface area contributed by atoms with E-state index in [9.17, 15) is 18.8 Å². The number of carbonyl (C=O) groups is 1. The van der Waals surface area contributed by atoms with Gasteiger partial charge in [-0.15, -0.1) is 10.2 Å². The van der Waals surface area contributed by atoms with Gasteiger partial charge in [0.15, 0.2) is 5.01 Å². The predicted molar refractivity (Wildman–Crippen MR) is 110 cm³/mol. The second-order valence-electron chi connectivity index (χ2n) is 7.16. The van der Waals surface area contributed by atoms with Gasteiger partial charge >= 0.3 is 5.69 Å². The highest BCUT2D eigenvalue weighted by Crippen LogP contribution is 2.33. The Bertz CT molecular complexity index is 1170. The number of carbonyl (C=O) groups excluding carboxylic acids is 1. The monoisotopic (exact) mass is 429 g/mol. The molecule has 4 rings (SSSR count). The standard InChI is InChI=1S/C20H20FN5O3S/c21-15-6-2-1-5-14(15)19-24-23-18(30-19)13-4-3-9-26(12-13)17(28)8-11-25-10-7-16(27)22-20(25)29/h1-2,5-7,10,13H,3-4,8-9,11-12H2,(H,22,27,29). The molecule has 0 bridgehead atoms. The lowest BCUT2D eigenvalue weighted by atomic mass is 9.98. The normalized spacial score (nSPS) is 16.6. The molecule has 0 saturated carbocycles. The first-order valence-electron chi connectivity index (χ1n) is 9.67. The van der Waals surface area contributed by atoms with Crippen molar-refractivity contribution in [3.05, 3.63) is 68.2 Å². The minimum absolute atomic E-state index is 0.0523. The number of hydrogen-bond acceptors (Lipinski definition) is 6. The maximum absolute atomic E-state index is 14.0. The third-order valence-corrected chi connectivity index (χ3v) is 6.25. The van der Waals surface area contributed by atoms with Gasteiger partial charge in [0, 0.05) is 49.8 Å². The first-order valence-corrected chi connectivity index (χ1v) is 10.5. The number of aromatic amines is 1. The van der Waals surface area contributed by atoms with Crippen molar-refractivity contribution in [3.8, 4) is 10.6 Å². The minimum atomic E-state index is -0.527. The summed E-state index contributed by atoms with van der Waals surface area (Å²) in [6.45, 7) is 1.37. The summed E-state index contributed by atoms with van der Waals surface area (Å²) in [5.74, 6) is -0.341. The largest absolute Gasteiger partial charge is 0.342 e. The van der Waals surface area contributed by atoms with Crippen molar-refractivity contribution in [2.45, 2.75) is 31.7 Å². The van der Waals surface area contributed by atoms with E-state index in [1.165, 1.54) is 34.2 Å². The average molecular weight is 429 g/mol. The van der Waals surface area contributed by atoms with Crippen LogP contribution >= 0.6 is 11.3 Å². The van der Waals surface area contributed by atoms with Crippen molar-refractivity contribution in [3.63, 3.8) is 0 Å². The van der Waals surface area contributed by atoms with E-state index in [2.05, 4.69) is 15.2 Å². The van der Waals surface area contributed by atoms with Gasteiger partial charge in [-0.1, -0.05) is 23.5 Å². The fourth-order valence-corrected chi connectivity index (χ4v) is 4.54. The van der Waals surface area contributed by atoms with E-state index in [1.54, 1.807) is 23.1 Å². The Labute approximate surface area is 175 Å². The van der Waals surface area contributed by atoms with Gasteiger partial charge in [0.1, 0.15) is 10.8 Å². The highest BCUT2D eigenvalue weighted by atomic mass is 32.1. The summed E-state index contributed by atoms with van der Waals surface area (Å²) in [5.41, 5.74) is -0.564. The van der Waals surface area contributed by atoms with Crippen molar-refractivity contribution in [2.75, 3.05) is 13.1 Å². The number of likely N-dealkylation sites (tertiary alicyclic amines) is 1. The summed E-state index contributed by atoms with van der Waals surface area (Å²) in [4.78, 5) is 39.5. The molecule has 3 aromatic rings. The second-order valence-corrected chi connectivity index (χ2v) is 8.17. The Morgan fingerprint density at radius 2 is 2.07 bits per heavy atom. The maximum atomic E-state index is 14.0. The lowest BCUT2D eigenvalue weighted by Gasteiger charge is -2.31. The van der Waals surface area contributed by atoms with Crippen LogP contribution in [0, 0.1) is 5.82 Å². The number of nitrogens with zero attached hydrogens (tertiary/aromatic N) is 4. The van der Waals surface area contributed by atoms with E-state index >= 15 is 0 Å². The highest BCUT2D eigenvalue weighted by Gasteiger charge is 2.27. The first kappa shape index (κ1) is 20.1. The molecule has 1 atom stereocenters. The molecule has 1 aromatic carbocycles. The molecule has 1 unspecified atom stereocenters. The Kier molecular flexibility index (Phi) is 5.84. The minimum Gasteiger partial charge on any atom is -0.342 e. The SMILES string of the molecule is O=C(CCn1ccc(=O)[nH]c1=O)N1CCCC(c2nnc(-c3ccccc3F)s2)C1. The summed E-state index contributed by atoms with van der Waals surface area (Å²) in [5, 5.41) is 9.72. The highest BCUT2D eigenvalue weighted by molar-refractivity contribution is 7.14. The molecule has 156 valence electrons. The van der Waals surface area contributed by atoms with Crippen molar-refractivity contribution in [2.24, 2.45) is 0 Å². The lowest BCUT2D eigenvalue weighted by Crippen LogP contribution is -2.40. The lowest BCUT2D eigenvalue weighted by molar-refractivity contribution is -0.132. The Morgan fingerprint density at radius 3 is 2.87 bits per heavy atom. The molecule has 1 amide bonds. The van der Waals surface area contributed by atoms with Gasteiger partial charge in [-0.05, 0) is 25.0 Å². The van der Waals surface area contributed by atoms with Crippen molar-refractivity contribution in [1.29, 1.82) is 0 Å². The molecule has 10 heteroatoms. The number of benzene rings is 1. The van der Waals surface area contributed by atoms with Gasteiger partial charge in [-0.3, -0.25) is 14.6 Å². The van der Waals surface area contributed by atoms with Crippen LogP contribution in [-0.2, 0) is 11.3 Å². The Hall–Kier alpha value is -3.14. The fourth-order valence-electron chi connectivity index (χ4n) is 3.54. The van der Waals surface area contributed by atoms with E-state index in [-0.39, 0.29) is 30.6 Å². The number of halogens is 1. The van der Waals surface area contributed by atoms with E-state index in [0.29, 0.717) is 23.7 Å². The quantitative estimate of drug-likeness (QED) is 0.669. The Morgan fingerprint density at radius 1 is 1.23 bits per heavy atom. The number of amides is 1. The zero-order valence-electron chi connectivity index (χ0n) is 16.1. The summed E-state index contributed by atoms with van der Waals surface area (Å²) in [7, 11) is 0. The number of piperidine rings is 1. The van der Waals surface area contributed by atoms with Crippen LogP contribution in [0.25, 0.3) is 10.6 Å². The molecule has 1 aliphatic rings. The molecule has 0 radical (unpaired) electrons. The van der Waals surface area contributed by atoms with Crippen LogP contribution in [0.4, 0.5) is 4.39 Å². The predicted octanol–water partition coefficient (Wildman–Crippen LogP) is 1.99. The molecule has 1 fully saturated rings. The molecular formula is C20H20FN5O3S. The number of rotatable bonds is 5. The number of hydrogen-bond donors (Lipinski definition) is 1. The number of nitrogens with one attached hydrogen (secondary N) is 1. The van der Waals surface area contributed by atoms with Crippen molar-refractivity contribution < 1.29 is 9.18 Å². The van der Waals surface area contributed by atoms with Gasteiger partial charge < -0.3 is 9.47 Å². The van der Waals surface area contributed by atoms with Gasteiger partial charge in [0.05, 0.1) is 0 Å². The van der Waals surface area contributed by atoms with E-state index < -0.39 is 11.2 Å². The molecule has 8 nitrogen and oxygen atoms in total. The third kappa shape index (κ3) is 4.38. The van der Waals surface area contributed by atoms with Crippen LogP contribution in [0.2, 0.25) is 0 Å². The summed E-state index contributed by atoms with van der Waals surface area (Å²) in [6, 6.07) is 7.71. The van der Waals surface area contributed by atoms with Crippen LogP contribution in [-0.4, -0.2) is 43.6 Å². The molecule has 1 saturated heterocycles. The van der Waals surface area contributed by atoms with E-state index in [4.69, 9.17) is 0 Å². The Balaban J connectivity index is 1.41. The van der Waals surface area contributed by atoms with Gasteiger partial charge in [0.2, 0.25) is 5.91 Å². The van der Waals surface area contributed by atoms with Crippen molar-refractivity contribution in [1.82, 2.24) is 24.6 Å². The van der Waals surface area contributed by atoms with Crippen LogP contribution < -0.4 is 11.2 Å². The van der Waals surface area contributed by atoms with Crippen LogP contribution in [0.15, 0.2) is 46.1 Å². The molecule has 0 aliphatic carbocycles. The molecule has 0 spiro atoms. The van der Waals surface area contributed by atoms with E-state index in [1.807, 2.05) is 0 Å². The van der Waals surface area contributed by atoms with E-state index in [0.717, 1.165) is 17.8 Å². The topological polar surface area (TPSA) is 101 Å². The number of aryl methyl sites for hydroxylation is 1. The smallest absolute Gasteiger partial charge is 0.328 e. The maximum Gasteiger partial charge on any atom is 0.328 e. The summed E-state index contributed by atoms with van der Waals surface area (Å²) in [6.07, 6.45) is 3.27. The molecule has 1 aliphatic heterocycles. The third-order valence-electron chi connectivity index (χ3n) is 5.13. The van der Waals surface area contributed by atoms with Crippen LogP contribution in [0.3, 0.4) is 0 Å². The molecule has 1 N–H and O–H groups in total. The fraction of sp³-hybridized carbons (Fsp3) is 0.350. The average Bonchev–Trinajstić information content (AvgIpc) is 3.23. The van der Waals surface area contributed by atoms with Gasteiger partial charge in [-0.2, -0.15) is 0 Å². The van der Waals surface area contributed by atoms with Crippen LogP contribution in [0.1, 0.15) is 30.2 Å². The number of aromatic nitrogens is 4. The molecule has 30 heavy (non-hydrogen) atoms. The molecule has 3 heterocycles. The zero-order chi connectivity index (χ0) is 21.1. The molecule has 2 aromatic heterocycles. The van der Waals surface area contributed by atoms with Gasteiger partial charge in [0.25, 0.3) is 5.56 Å². The van der Waals surface area contributed by atoms with Gasteiger partial charge in [-0.25, -0.2) is 9.18 Å². The zero-order valence-corrected chi connectivity index (χ0v) is 16.9. The molecular weight excluding hydrogens is 409 g/mol.